The minimum Gasteiger partial charge on any atom is -0.493 e. The van der Waals surface area contributed by atoms with Crippen LogP contribution in [0.15, 0.2) is 18.2 Å². The smallest absolute Gasteiger partial charge is 0.249 e. The number of fused-ring (bicyclic) bond motifs is 1. The van der Waals surface area contributed by atoms with Crippen LogP contribution in [-0.4, -0.2) is 27.2 Å². The number of nitriles is 1. The maximum absolute atomic E-state index is 12.5. The predicted molar refractivity (Wildman–Crippen MR) is 114 cm³/mol. The van der Waals surface area contributed by atoms with Gasteiger partial charge in [-0.05, 0) is 54.5 Å². The molecule has 3 rings (SSSR count). The number of ether oxygens (including phenoxy) is 3. The number of nitrogens with one attached hydrogen (secondary N) is 1. The Morgan fingerprint density at radius 2 is 1.93 bits per heavy atom. The standard InChI is InChI=1S/C22H24N2O4S/c1-13-5-7-15-16(12-23)22(29-19(15)9-13)24-20(25)8-6-14-10-17(26-2)21(28-4)18(11-14)27-3/h6,8,10-11,13H,5,7,9H2,1-4H3,(H,24,25)/b8-6+. The van der Waals surface area contributed by atoms with Crippen LogP contribution in [0.5, 0.6) is 17.2 Å². The molecule has 0 fully saturated rings. The lowest BCUT2D eigenvalue weighted by molar-refractivity contribution is -0.111. The second-order valence-corrected chi connectivity index (χ2v) is 8.05. The predicted octanol–water partition coefficient (Wildman–Crippen LogP) is 4.42. The molecule has 1 N–H and O–H groups in total. The number of anilines is 1. The second kappa shape index (κ2) is 9.01. The molecule has 1 aromatic carbocycles. The molecule has 0 saturated carbocycles. The largest absolute Gasteiger partial charge is 0.493 e. The summed E-state index contributed by atoms with van der Waals surface area (Å²) >= 11 is 1.51. The van der Waals surface area contributed by atoms with Gasteiger partial charge in [0, 0.05) is 11.0 Å². The SMILES string of the molecule is COc1cc(/C=C/C(=O)Nc2sc3c(c2C#N)CCC(C)C3)cc(OC)c1OC. The van der Waals surface area contributed by atoms with Gasteiger partial charge < -0.3 is 19.5 Å². The molecule has 1 atom stereocenters. The van der Waals surface area contributed by atoms with Crippen LogP contribution in [0.1, 0.15) is 34.9 Å². The van der Waals surface area contributed by atoms with Crippen molar-refractivity contribution in [2.45, 2.75) is 26.2 Å². The maximum Gasteiger partial charge on any atom is 0.249 e. The fraction of sp³-hybridized carbons (Fsp3) is 0.364. The molecule has 6 nitrogen and oxygen atoms in total. The van der Waals surface area contributed by atoms with Crippen molar-refractivity contribution in [1.29, 1.82) is 5.26 Å². The van der Waals surface area contributed by atoms with Crippen LogP contribution in [0.2, 0.25) is 0 Å². The van der Waals surface area contributed by atoms with Gasteiger partial charge in [-0.15, -0.1) is 11.3 Å². The first kappa shape index (κ1) is 20.7. The first-order valence-corrected chi connectivity index (χ1v) is 10.2. The van der Waals surface area contributed by atoms with Crippen molar-refractivity contribution < 1.29 is 19.0 Å². The third kappa shape index (κ3) is 4.38. The summed E-state index contributed by atoms with van der Waals surface area (Å²) in [6.45, 7) is 2.22. The number of amides is 1. The second-order valence-electron chi connectivity index (χ2n) is 6.95. The lowest BCUT2D eigenvalue weighted by Crippen LogP contribution is -2.10. The lowest BCUT2D eigenvalue weighted by Gasteiger charge is -2.17. The van der Waals surface area contributed by atoms with Gasteiger partial charge in [-0.2, -0.15) is 5.26 Å². The fourth-order valence-corrected chi connectivity index (χ4v) is 4.84. The molecule has 1 amide bonds. The van der Waals surface area contributed by atoms with Gasteiger partial charge in [0.05, 0.1) is 26.9 Å². The summed E-state index contributed by atoms with van der Waals surface area (Å²) in [5.74, 6) is 1.84. The Morgan fingerprint density at radius 3 is 2.52 bits per heavy atom. The first-order chi connectivity index (χ1) is 14.0. The quantitative estimate of drug-likeness (QED) is 0.710. The lowest BCUT2D eigenvalue weighted by atomic mass is 9.89. The van der Waals surface area contributed by atoms with Gasteiger partial charge in [0.2, 0.25) is 11.7 Å². The van der Waals surface area contributed by atoms with Gasteiger partial charge >= 0.3 is 0 Å². The van der Waals surface area contributed by atoms with Crippen LogP contribution in [-0.2, 0) is 17.6 Å². The van der Waals surface area contributed by atoms with E-state index in [1.165, 1.54) is 29.4 Å². The Bertz CT molecular complexity index is 962. The molecule has 0 radical (unpaired) electrons. The molecular formula is C22H24N2O4S. The summed E-state index contributed by atoms with van der Waals surface area (Å²) in [5, 5.41) is 13.1. The molecule has 152 valence electrons. The molecule has 1 aromatic heterocycles. The highest BCUT2D eigenvalue weighted by Gasteiger charge is 2.24. The average Bonchev–Trinajstić information content (AvgIpc) is 3.06. The van der Waals surface area contributed by atoms with E-state index in [0.29, 0.717) is 33.7 Å². The minimum absolute atomic E-state index is 0.290. The Morgan fingerprint density at radius 1 is 1.24 bits per heavy atom. The van der Waals surface area contributed by atoms with E-state index in [-0.39, 0.29) is 5.91 Å². The Hall–Kier alpha value is -2.98. The van der Waals surface area contributed by atoms with Gasteiger partial charge in [-0.3, -0.25) is 4.79 Å². The van der Waals surface area contributed by atoms with Crippen molar-refractivity contribution in [3.63, 3.8) is 0 Å². The van der Waals surface area contributed by atoms with Crippen LogP contribution >= 0.6 is 11.3 Å². The van der Waals surface area contributed by atoms with E-state index in [2.05, 4.69) is 18.3 Å². The number of methoxy groups -OCH3 is 3. The number of hydrogen-bond donors (Lipinski definition) is 1. The first-order valence-electron chi connectivity index (χ1n) is 9.34. The molecule has 29 heavy (non-hydrogen) atoms. The number of carbonyl (C=O) groups is 1. The van der Waals surface area contributed by atoms with Crippen LogP contribution in [0, 0.1) is 17.2 Å². The van der Waals surface area contributed by atoms with Crippen molar-refractivity contribution >= 4 is 28.3 Å². The van der Waals surface area contributed by atoms with Gasteiger partial charge in [0.15, 0.2) is 11.5 Å². The molecule has 0 spiro atoms. The monoisotopic (exact) mass is 412 g/mol. The fourth-order valence-electron chi connectivity index (χ4n) is 3.48. The molecule has 1 aliphatic rings. The molecule has 1 aliphatic carbocycles. The molecule has 7 heteroatoms. The van der Waals surface area contributed by atoms with Crippen LogP contribution in [0.4, 0.5) is 5.00 Å². The summed E-state index contributed by atoms with van der Waals surface area (Å²) in [6.07, 6.45) is 6.04. The van der Waals surface area contributed by atoms with E-state index < -0.39 is 0 Å². The topological polar surface area (TPSA) is 80.6 Å². The third-order valence-electron chi connectivity index (χ3n) is 4.97. The summed E-state index contributed by atoms with van der Waals surface area (Å²) in [5.41, 5.74) is 2.43. The van der Waals surface area contributed by atoms with Gasteiger partial charge in [-0.25, -0.2) is 0 Å². The minimum atomic E-state index is -0.290. The van der Waals surface area contributed by atoms with E-state index in [4.69, 9.17) is 14.2 Å². The molecule has 0 aliphatic heterocycles. The molecule has 1 heterocycles. The number of benzene rings is 1. The number of carbonyl (C=O) groups excluding carboxylic acids is 1. The van der Waals surface area contributed by atoms with Crippen molar-refractivity contribution in [3.8, 4) is 23.3 Å². The third-order valence-corrected chi connectivity index (χ3v) is 6.14. The zero-order valence-electron chi connectivity index (χ0n) is 17.0. The van der Waals surface area contributed by atoms with Crippen molar-refractivity contribution in [2.24, 2.45) is 5.92 Å². The summed E-state index contributed by atoms with van der Waals surface area (Å²) < 4.78 is 16.0. The summed E-state index contributed by atoms with van der Waals surface area (Å²) in [7, 11) is 4.62. The Balaban J connectivity index is 1.80. The Labute approximate surface area is 174 Å². The highest BCUT2D eigenvalue weighted by atomic mass is 32.1. The highest BCUT2D eigenvalue weighted by Crippen LogP contribution is 2.40. The summed E-state index contributed by atoms with van der Waals surface area (Å²) in [4.78, 5) is 13.7. The van der Waals surface area contributed by atoms with Crippen molar-refractivity contribution in [3.05, 3.63) is 39.8 Å². The van der Waals surface area contributed by atoms with Crippen molar-refractivity contribution in [2.75, 3.05) is 26.6 Å². The molecule has 0 bridgehead atoms. The molecule has 2 aromatic rings. The van der Waals surface area contributed by atoms with Gasteiger partial charge in [0.1, 0.15) is 11.1 Å². The van der Waals surface area contributed by atoms with Crippen molar-refractivity contribution in [1.82, 2.24) is 0 Å². The van der Waals surface area contributed by atoms with Gasteiger partial charge in [0.25, 0.3) is 0 Å². The summed E-state index contributed by atoms with van der Waals surface area (Å²) in [6, 6.07) is 5.79. The van der Waals surface area contributed by atoms with Crippen LogP contribution in [0.3, 0.4) is 0 Å². The van der Waals surface area contributed by atoms with E-state index in [1.54, 1.807) is 32.4 Å². The normalized spacial score (nSPS) is 15.5. The maximum atomic E-state index is 12.5. The number of nitrogens with zero attached hydrogens (tertiary/aromatic N) is 1. The molecule has 0 saturated heterocycles. The number of rotatable bonds is 6. The van der Waals surface area contributed by atoms with E-state index in [0.717, 1.165) is 30.4 Å². The van der Waals surface area contributed by atoms with E-state index >= 15 is 0 Å². The van der Waals surface area contributed by atoms with Crippen LogP contribution < -0.4 is 19.5 Å². The van der Waals surface area contributed by atoms with Gasteiger partial charge in [-0.1, -0.05) is 6.92 Å². The average molecular weight is 413 g/mol. The number of thiophene rings is 1. The van der Waals surface area contributed by atoms with Crippen LogP contribution in [0.25, 0.3) is 6.08 Å². The number of hydrogen-bond acceptors (Lipinski definition) is 6. The molecular weight excluding hydrogens is 388 g/mol. The van der Waals surface area contributed by atoms with E-state index in [1.807, 2.05) is 0 Å². The zero-order chi connectivity index (χ0) is 21.0. The highest BCUT2D eigenvalue weighted by molar-refractivity contribution is 7.16. The zero-order valence-corrected chi connectivity index (χ0v) is 17.8. The Kier molecular flexibility index (Phi) is 6.45. The van der Waals surface area contributed by atoms with E-state index in [9.17, 15) is 10.1 Å². The molecule has 1 unspecified atom stereocenters.